The lowest BCUT2D eigenvalue weighted by Gasteiger charge is -2.11. The molecular formula is C13H11ClF2N4O. The fraction of sp³-hybridized carbons (Fsp3) is 0.154. The van der Waals surface area contributed by atoms with Crippen LogP contribution in [0, 0.1) is 5.41 Å². The van der Waals surface area contributed by atoms with Crippen LogP contribution in [-0.4, -0.2) is 22.5 Å². The molecule has 0 amide bonds. The van der Waals surface area contributed by atoms with E-state index in [9.17, 15) is 8.78 Å². The van der Waals surface area contributed by atoms with Crippen molar-refractivity contribution in [2.75, 3.05) is 0 Å². The summed E-state index contributed by atoms with van der Waals surface area (Å²) in [6.45, 7) is -2.63. The number of pyridine rings is 2. The van der Waals surface area contributed by atoms with E-state index in [-0.39, 0.29) is 11.2 Å². The highest BCUT2D eigenvalue weighted by molar-refractivity contribution is 6.29. The molecule has 0 aliphatic heterocycles. The maximum atomic E-state index is 12.4. The van der Waals surface area contributed by atoms with E-state index in [1.165, 1.54) is 6.07 Å². The summed E-state index contributed by atoms with van der Waals surface area (Å²) in [6.07, 6.45) is 3.99. The second-order valence-electron chi connectivity index (χ2n) is 3.95. The molecule has 8 heteroatoms. The van der Waals surface area contributed by atoms with Gasteiger partial charge in [0.2, 0.25) is 0 Å². The third-order valence-corrected chi connectivity index (χ3v) is 2.77. The van der Waals surface area contributed by atoms with E-state index in [2.05, 4.69) is 14.7 Å². The smallest absolute Gasteiger partial charge is 0.387 e. The Balaban J connectivity index is 2.41. The first kappa shape index (κ1) is 15.1. The van der Waals surface area contributed by atoms with Gasteiger partial charge in [0.1, 0.15) is 11.5 Å². The van der Waals surface area contributed by atoms with Crippen LogP contribution in [0.2, 0.25) is 5.15 Å². The van der Waals surface area contributed by atoms with Gasteiger partial charge in [0, 0.05) is 12.4 Å². The summed E-state index contributed by atoms with van der Waals surface area (Å²) in [5.74, 6) is -0.0991. The molecule has 2 aromatic heterocycles. The van der Waals surface area contributed by atoms with E-state index < -0.39 is 6.61 Å². The van der Waals surface area contributed by atoms with Crippen LogP contribution < -0.4 is 10.2 Å². The minimum absolute atomic E-state index is 0.0991. The lowest BCUT2D eigenvalue weighted by Crippen LogP contribution is -2.24. The van der Waals surface area contributed by atoms with Gasteiger partial charge in [0.25, 0.3) is 0 Å². The van der Waals surface area contributed by atoms with Crippen molar-refractivity contribution in [3.63, 3.8) is 0 Å². The number of hydrogen-bond donors (Lipinski definition) is 1. The van der Waals surface area contributed by atoms with Crippen molar-refractivity contribution in [2.45, 2.75) is 13.2 Å². The van der Waals surface area contributed by atoms with Gasteiger partial charge in [0.15, 0.2) is 11.2 Å². The van der Waals surface area contributed by atoms with Crippen LogP contribution in [-0.2, 0) is 6.54 Å². The summed E-state index contributed by atoms with van der Waals surface area (Å²) in [4.78, 5) is 7.72. The van der Waals surface area contributed by atoms with Crippen LogP contribution in [0.5, 0.6) is 5.75 Å². The van der Waals surface area contributed by atoms with Crippen molar-refractivity contribution in [3.8, 4) is 5.75 Å². The molecule has 0 atom stereocenters. The fourth-order valence-corrected chi connectivity index (χ4v) is 1.84. The first-order valence-electron chi connectivity index (χ1n) is 5.87. The minimum Gasteiger partial charge on any atom is -0.431 e. The molecular weight excluding hydrogens is 302 g/mol. The molecule has 1 N–H and O–H groups in total. The predicted molar refractivity (Wildman–Crippen MR) is 73.8 cm³/mol. The van der Waals surface area contributed by atoms with Gasteiger partial charge in [-0.05, 0) is 23.8 Å². The summed E-state index contributed by atoms with van der Waals surface area (Å²) < 4.78 is 30.8. The second kappa shape index (κ2) is 6.94. The summed E-state index contributed by atoms with van der Waals surface area (Å²) in [6, 6.07) is 6.32. The molecule has 5 nitrogen and oxygen atoms in total. The van der Waals surface area contributed by atoms with E-state index in [1.54, 1.807) is 35.2 Å². The molecule has 0 bridgehead atoms. The molecule has 0 fully saturated rings. The van der Waals surface area contributed by atoms with Crippen LogP contribution in [0.25, 0.3) is 0 Å². The summed E-state index contributed by atoms with van der Waals surface area (Å²) in [5, 5.41) is 7.41. The third kappa shape index (κ3) is 4.09. The molecule has 0 radical (unpaired) electrons. The number of alkyl halides is 2. The molecule has 0 saturated carbocycles. The van der Waals surface area contributed by atoms with Crippen LogP contribution in [0.1, 0.15) is 5.56 Å². The highest BCUT2D eigenvalue weighted by Gasteiger charge is 2.09. The Bertz CT molecular complexity index is 685. The largest absolute Gasteiger partial charge is 0.431 e. The maximum absolute atomic E-state index is 12.4. The summed E-state index contributed by atoms with van der Waals surface area (Å²) in [7, 11) is 0. The number of nitrogens with one attached hydrogen (secondary N) is 1. The Kier molecular flexibility index (Phi) is 4.99. The monoisotopic (exact) mass is 312 g/mol. The average molecular weight is 313 g/mol. The molecule has 0 spiro atoms. The van der Waals surface area contributed by atoms with Gasteiger partial charge in [0.05, 0.1) is 6.54 Å². The van der Waals surface area contributed by atoms with Crippen molar-refractivity contribution in [3.05, 3.63) is 52.9 Å². The maximum Gasteiger partial charge on any atom is 0.387 e. The second-order valence-corrected chi connectivity index (χ2v) is 4.34. The van der Waals surface area contributed by atoms with E-state index in [4.69, 9.17) is 17.0 Å². The quantitative estimate of drug-likeness (QED) is 0.524. The first-order chi connectivity index (χ1) is 10.1. The zero-order chi connectivity index (χ0) is 15.2. The summed E-state index contributed by atoms with van der Waals surface area (Å²) >= 11 is 5.71. The number of ether oxygens (including phenoxy) is 1. The van der Waals surface area contributed by atoms with Crippen LogP contribution >= 0.6 is 11.6 Å². The number of rotatable bonds is 5. The van der Waals surface area contributed by atoms with E-state index >= 15 is 0 Å². The highest BCUT2D eigenvalue weighted by Crippen LogP contribution is 2.10. The molecule has 2 aromatic rings. The summed E-state index contributed by atoms with van der Waals surface area (Å²) in [5.41, 5.74) is 0.933. The van der Waals surface area contributed by atoms with Gasteiger partial charge in [-0.25, -0.2) is 9.98 Å². The number of halogens is 3. The van der Waals surface area contributed by atoms with Crippen LogP contribution in [0.3, 0.4) is 0 Å². The fourth-order valence-electron chi connectivity index (χ4n) is 1.73. The Morgan fingerprint density at radius 3 is 2.86 bits per heavy atom. The van der Waals surface area contributed by atoms with E-state index in [0.29, 0.717) is 11.7 Å². The molecule has 21 heavy (non-hydrogen) atoms. The molecule has 2 rings (SSSR count). The van der Waals surface area contributed by atoms with E-state index in [1.807, 2.05) is 0 Å². The molecule has 0 aliphatic carbocycles. The number of nitrogens with zero attached hydrogens (tertiary/aromatic N) is 3. The van der Waals surface area contributed by atoms with Crippen molar-refractivity contribution in [1.29, 1.82) is 5.41 Å². The van der Waals surface area contributed by atoms with Crippen molar-refractivity contribution in [2.24, 2.45) is 4.99 Å². The average Bonchev–Trinajstić information content (AvgIpc) is 2.44. The molecule has 0 unspecified atom stereocenters. The lowest BCUT2D eigenvalue weighted by molar-refractivity contribution is -0.0512. The Hall–Kier alpha value is -2.28. The van der Waals surface area contributed by atoms with Crippen molar-refractivity contribution >= 4 is 17.9 Å². The van der Waals surface area contributed by atoms with Crippen LogP contribution in [0.4, 0.5) is 8.78 Å². The third-order valence-electron chi connectivity index (χ3n) is 2.55. The van der Waals surface area contributed by atoms with Gasteiger partial charge in [-0.1, -0.05) is 17.7 Å². The highest BCUT2D eigenvalue weighted by atomic mass is 35.5. The number of hydrogen-bond acceptors (Lipinski definition) is 3. The first-order valence-corrected chi connectivity index (χ1v) is 6.25. The Morgan fingerprint density at radius 2 is 2.24 bits per heavy atom. The Morgan fingerprint density at radius 1 is 1.43 bits per heavy atom. The van der Waals surface area contributed by atoms with Crippen LogP contribution in [0.15, 0.2) is 41.7 Å². The SMILES string of the molecule is N=CN=c1c(OC(F)F)cccn1Cc1ccc(Cl)nc1. The van der Waals surface area contributed by atoms with Gasteiger partial charge < -0.3 is 9.30 Å². The molecule has 0 aliphatic rings. The zero-order valence-electron chi connectivity index (χ0n) is 10.7. The zero-order valence-corrected chi connectivity index (χ0v) is 11.5. The molecule has 110 valence electrons. The van der Waals surface area contributed by atoms with Gasteiger partial charge >= 0.3 is 6.61 Å². The molecule has 2 heterocycles. The normalized spacial score (nSPS) is 11.7. The lowest BCUT2D eigenvalue weighted by atomic mass is 10.3. The van der Waals surface area contributed by atoms with Gasteiger partial charge in [-0.2, -0.15) is 8.78 Å². The topological polar surface area (TPSA) is 63.3 Å². The number of aromatic nitrogens is 2. The standard InChI is InChI=1S/C13H11ClF2N4O/c14-11-4-3-9(6-18-11)7-20-5-1-2-10(21-13(15)16)12(20)19-8-17/h1-6,8,13,17H,7H2. The van der Waals surface area contributed by atoms with Gasteiger partial charge in [-0.15, -0.1) is 0 Å². The van der Waals surface area contributed by atoms with Crippen molar-refractivity contribution in [1.82, 2.24) is 9.55 Å². The molecule has 0 saturated heterocycles. The Labute approximate surface area is 124 Å². The van der Waals surface area contributed by atoms with Gasteiger partial charge in [-0.3, -0.25) is 5.41 Å². The minimum atomic E-state index is -2.96. The molecule has 0 aromatic carbocycles. The van der Waals surface area contributed by atoms with Crippen molar-refractivity contribution < 1.29 is 13.5 Å². The predicted octanol–water partition coefficient (Wildman–Crippen LogP) is 2.69. The van der Waals surface area contributed by atoms with E-state index in [0.717, 1.165) is 11.9 Å².